The van der Waals surface area contributed by atoms with Crippen molar-refractivity contribution in [1.82, 2.24) is 4.98 Å². The lowest BCUT2D eigenvalue weighted by molar-refractivity contribution is 0.0469. The van der Waals surface area contributed by atoms with Crippen LogP contribution in [-0.2, 0) is 29.9 Å². The van der Waals surface area contributed by atoms with Crippen LogP contribution in [0.5, 0.6) is 0 Å². The molecule has 1 aliphatic carbocycles. The van der Waals surface area contributed by atoms with E-state index in [1.807, 2.05) is 36.6 Å². The standard InChI is InChI=1S/C25H21NO4S2/c1-15-26-19(13-31-15)14-32-23-8-3-2-7-20(23)25(28)29-12-18-11-24(27)30-22-10-17-6-4-5-16(17)9-21(18)22/h2-3,7-11,13H,4-6,12,14H2,1H3. The van der Waals surface area contributed by atoms with Gasteiger partial charge in [-0.25, -0.2) is 14.6 Å². The predicted molar refractivity (Wildman–Crippen MR) is 126 cm³/mol. The Hall–Kier alpha value is -2.90. The number of hydrogen-bond acceptors (Lipinski definition) is 7. The molecule has 162 valence electrons. The first-order chi connectivity index (χ1) is 15.6. The molecular formula is C25H21NO4S2. The lowest BCUT2D eigenvalue weighted by Gasteiger charge is -2.11. The molecule has 0 fully saturated rings. The van der Waals surface area contributed by atoms with Crippen LogP contribution in [0, 0.1) is 6.92 Å². The summed E-state index contributed by atoms with van der Waals surface area (Å²) in [4.78, 5) is 30.3. The first kappa shape index (κ1) is 21.0. The number of carbonyl (C=O) groups is 1. The molecule has 4 aromatic rings. The molecule has 5 rings (SSSR count). The molecule has 0 unspecified atom stereocenters. The Morgan fingerprint density at radius 2 is 2.00 bits per heavy atom. The van der Waals surface area contributed by atoms with Crippen LogP contribution in [0.4, 0.5) is 0 Å². The topological polar surface area (TPSA) is 69.4 Å². The maximum atomic E-state index is 12.9. The van der Waals surface area contributed by atoms with E-state index in [0.29, 0.717) is 22.5 Å². The van der Waals surface area contributed by atoms with Gasteiger partial charge in [0.25, 0.3) is 0 Å². The van der Waals surface area contributed by atoms with Gasteiger partial charge in [-0.05, 0) is 61.6 Å². The fourth-order valence-electron chi connectivity index (χ4n) is 4.02. The second-order valence-corrected chi connectivity index (χ2v) is 9.86. The molecule has 2 heterocycles. The van der Waals surface area contributed by atoms with Gasteiger partial charge >= 0.3 is 11.6 Å². The Labute approximate surface area is 193 Å². The molecule has 2 aromatic carbocycles. The number of ether oxygens (including phenoxy) is 1. The molecular weight excluding hydrogens is 442 g/mol. The molecule has 0 aliphatic heterocycles. The maximum absolute atomic E-state index is 12.9. The molecule has 0 saturated heterocycles. The van der Waals surface area contributed by atoms with Crippen LogP contribution in [0.2, 0.25) is 0 Å². The van der Waals surface area contributed by atoms with E-state index in [4.69, 9.17) is 9.15 Å². The van der Waals surface area contributed by atoms with Crippen LogP contribution in [0.25, 0.3) is 11.0 Å². The predicted octanol–water partition coefficient (Wildman–Crippen LogP) is 5.70. The van der Waals surface area contributed by atoms with E-state index in [0.717, 1.165) is 40.2 Å². The quantitative estimate of drug-likeness (QED) is 0.208. The van der Waals surface area contributed by atoms with Crippen LogP contribution in [0.15, 0.2) is 62.0 Å². The summed E-state index contributed by atoms with van der Waals surface area (Å²) in [6.45, 7) is 2.00. The zero-order valence-corrected chi connectivity index (χ0v) is 19.2. The normalized spacial score (nSPS) is 12.8. The van der Waals surface area contributed by atoms with E-state index in [9.17, 15) is 9.59 Å². The third kappa shape index (κ3) is 4.36. The zero-order valence-electron chi connectivity index (χ0n) is 17.6. The van der Waals surface area contributed by atoms with E-state index in [2.05, 4.69) is 11.1 Å². The number of benzene rings is 2. The Morgan fingerprint density at radius 3 is 2.81 bits per heavy atom. The number of thiazole rings is 1. The number of hydrogen-bond donors (Lipinski definition) is 0. The summed E-state index contributed by atoms with van der Waals surface area (Å²) in [6, 6.07) is 12.9. The summed E-state index contributed by atoms with van der Waals surface area (Å²) >= 11 is 3.18. The van der Waals surface area contributed by atoms with Gasteiger partial charge in [0.1, 0.15) is 12.2 Å². The number of nitrogens with zero attached hydrogens (tertiary/aromatic N) is 1. The maximum Gasteiger partial charge on any atom is 0.339 e. The monoisotopic (exact) mass is 463 g/mol. The van der Waals surface area contributed by atoms with Crippen molar-refractivity contribution < 1.29 is 13.9 Å². The average Bonchev–Trinajstić information content (AvgIpc) is 3.42. The molecule has 32 heavy (non-hydrogen) atoms. The number of esters is 1. The number of aromatic nitrogens is 1. The molecule has 0 N–H and O–H groups in total. The minimum absolute atomic E-state index is 0.0179. The summed E-state index contributed by atoms with van der Waals surface area (Å²) < 4.78 is 11.1. The largest absolute Gasteiger partial charge is 0.457 e. The summed E-state index contributed by atoms with van der Waals surface area (Å²) in [5, 5.41) is 3.89. The minimum Gasteiger partial charge on any atom is -0.457 e. The molecule has 5 nitrogen and oxygen atoms in total. The molecule has 0 atom stereocenters. The lowest BCUT2D eigenvalue weighted by Crippen LogP contribution is -2.09. The van der Waals surface area contributed by atoms with E-state index >= 15 is 0 Å². The Balaban J connectivity index is 1.35. The molecule has 0 saturated carbocycles. The van der Waals surface area contributed by atoms with Gasteiger partial charge < -0.3 is 9.15 Å². The molecule has 2 aromatic heterocycles. The van der Waals surface area contributed by atoms with Gasteiger partial charge in [0.2, 0.25) is 0 Å². The highest BCUT2D eigenvalue weighted by atomic mass is 32.2. The third-order valence-corrected chi connectivity index (χ3v) is 7.48. The molecule has 0 spiro atoms. The van der Waals surface area contributed by atoms with Crippen molar-refractivity contribution >= 4 is 40.0 Å². The molecule has 7 heteroatoms. The first-order valence-electron chi connectivity index (χ1n) is 10.5. The van der Waals surface area contributed by atoms with Gasteiger partial charge in [-0.15, -0.1) is 23.1 Å². The van der Waals surface area contributed by atoms with Crippen molar-refractivity contribution in [3.05, 3.63) is 91.2 Å². The second kappa shape index (κ2) is 8.92. The average molecular weight is 464 g/mol. The Kier molecular flexibility index (Phi) is 5.85. The SMILES string of the molecule is Cc1nc(CSc2ccccc2C(=O)OCc2cc(=O)oc3cc4c(cc23)CCC4)cs1. The third-order valence-electron chi connectivity index (χ3n) is 5.55. The van der Waals surface area contributed by atoms with Crippen LogP contribution in [0.1, 0.15) is 44.2 Å². The Morgan fingerprint density at radius 1 is 1.19 bits per heavy atom. The van der Waals surface area contributed by atoms with Gasteiger partial charge in [-0.2, -0.15) is 0 Å². The zero-order chi connectivity index (χ0) is 22.1. The van der Waals surface area contributed by atoms with Crippen molar-refractivity contribution in [1.29, 1.82) is 0 Å². The number of fused-ring (bicyclic) bond motifs is 2. The van der Waals surface area contributed by atoms with Crippen LogP contribution in [0.3, 0.4) is 0 Å². The number of aryl methyl sites for hydroxylation is 3. The molecule has 0 amide bonds. The summed E-state index contributed by atoms with van der Waals surface area (Å²) in [5.74, 6) is 0.273. The van der Waals surface area contributed by atoms with Gasteiger partial charge in [-0.1, -0.05) is 12.1 Å². The first-order valence-corrected chi connectivity index (χ1v) is 12.3. The highest BCUT2D eigenvalue weighted by Gasteiger charge is 2.18. The van der Waals surface area contributed by atoms with Crippen molar-refractivity contribution in [3.63, 3.8) is 0 Å². The minimum atomic E-state index is -0.434. The highest BCUT2D eigenvalue weighted by molar-refractivity contribution is 7.98. The highest BCUT2D eigenvalue weighted by Crippen LogP contribution is 2.30. The molecule has 0 bridgehead atoms. The molecule has 0 radical (unpaired) electrons. The van der Waals surface area contributed by atoms with Crippen molar-refractivity contribution in [2.45, 2.75) is 43.4 Å². The number of thioether (sulfide) groups is 1. The van der Waals surface area contributed by atoms with Crippen molar-refractivity contribution in [3.8, 4) is 0 Å². The lowest BCUT2D eigenvalue weighted by atomic mass is 10.0. The van der Waals surface area contributed by atoms with Gasteiger partial charge in [0.15, 0.2) is 0 Å². The van der Waals surface area contributed by atoms with Crippen molar-refractivity contribution in [2.24, 2.45) is 0 Å². The Bertz CT molecular complexity index is 1370. The van der Waals surface area contributed by atoms with E-state index in [1.54, 1.807) is 29.2 Å². The van der Waals surface area contributed by atoms with E-state index in [1.165, 1.54) is 17.2 Å². The van der Waals surface area contributed by atoms with E-state index < -0.39 is 11.6 Å². The fourth-order valence-corrected chi connectivity index (χ4v) is 5.67. The number of rotatable bonds is 6. The van der Waals surface area contributed by atoms with Crippen LogP contribution < -0.4 is 5.63 Å². The summed E-state index contributed by atoms with van der Waals surface area (Å²) in [7, 11) is 0. The van der Waals surface area contributed by atoms with Crippen LogP contribution in [-0.4, -0.2) is 11.0 Å². The smallest absolute Gasteiger partial charge is 0.339 e. The summed E-state index contributed by atoms with van der Waals surface area (Å²) in [5.41, 5.74) is 4.80. The second-order valence-electron chi connectivity index (χ2n) is 7.78. The van der Waals surface area contributed by atoms with Gasteiger partial charge in [-0.3, -0.25) is 0 Å². The molecule has 1 aliphatic rings. The van der Waals surface area contributed by atoms with Gasteiger partial charge in [0, 0.05) is 33.0 Å². The summed E-state index contributed by atoms with van der Waals surface area (Å²) in [6.07, 6.45) is 3.13. The van der Waals surface area contributed by atoms with Crippen LogP contribution >= 0.6 is 23.1 Å². The fraction of sp³-hybridized carbons (Fsp3) is 0.240. The van der Waals surface area contributed by atoms with Gasteiger partial charge in [0.05, 0.1) is 16.3 Å². The van der Waals surface area contributed by atoms with E-state index in [-0.39, 0.29) is 6.61 Å². The van der Waals surface area contributed by atoms with Crippen molar-refractivity contribution in [2.75, 3.05) is 0 Å². The number of carbonyl (C=O) groups excluding carboxylic acids is 1.